The average molecular weight is 379 g/mol. The summed E-state index contributed by atoms with van der Waals surface area (Å²) < 4.78 is 1.93. The predicted molar refractivity (Wildman–Crippen MR) is 102 cm³/mol. The molecule has 2 aromatic rings. The van der Waals surface area contributed by atoms with E-state index in [4.69, 9.17) is 11.6 Å². The van der Waals surface area contributed by atoms with Gasteiger partial charge in [-0.2, -0.15) is 0 Å². The van der Waals surface area contributed by atoms with Crippen LogP contribution in [0.2, 0.25) is 5.02 Å². The SMILES string of the molecule is CC1CCN(C(=O)[C@H](C)Sc2nnc(-c3ccc(Cl)cc3)n2C)CC1. The molecule has 0 spiro atoms. The van der Waals surface area contributed by atoms with Crippen LogP contribution in [0.4, 0.5) is 0 Å². The predicted octanol–water partition coefficient (Wildman–Crippen LogP) is 3.87. The van der Waals surface area contributed by atoms with Crippen molar-refractivity contribution in [3.63, 3.8) is 0 Å². The van der Waals surface area contributed by atoms with Gasteiger partial charge in [-0.15, -0.1) is 10.2 Å². The van der Waals surface area contributed by atoms with Gasteiger partial charge in [0.1, 0.15) is 0 Å². The van der Waals surface area contributed by atoms with Crippen molar-refractivity contribution in [2.45, 2.75) is 37.1 Å². The Morgan fingerprint density at radius 1 is 1.24 bits per heavy atom. The molecule has 1 aliphatic heterocycles. The molecule has 1 saturated heterocycles. The van der Waals surface area contributed by atoms with Gasteiger partial charge in [0.05, 0.1) is 5.25 Å². The van der Waals surface area contributed by atoms with E-state index in [0.29, 0.717) is 10.9 Å². The minimum atomic E-state index is -0.172. The van der Waals surface area contributed by atoms with Gasteiger partial charge in [-0.3, -0.25) is 4.79 Å². The molecule has 7 heteroatoms. The molecule has 0 saturated carbocycles. The summed E-state index contributed by atoms with van der Waals surface area (Å²) in [6.45, 7) is 5.92. The lowest BCUT2D eigenvalue weighted by atomic mass is 9.99. The Bertz CT molecular complexity index is 738. The zero-order chi connectivity index (χ0) is 18.0. The van der Waals surface area contributed by atoms with Crippen LogP contribution in [-0.2, 0) is 11.8 Å². The molecule has 2 heterocycles. The molecule has 25 heavy (non-hydrogen) atoms. The van der Waals surface area contributed by atoms with Crippen LogP contribution in [-0.4, -0.2) is 43.9 Å². The monoisotopic (exact) mass is 378 g/mol. The maximum Gasteiger partial charge on any atom is 0.235 e. The van der Waals surface area contributed by atoms with Gasteiger partial charge in [0.15, 0.2) is 11.0 Å². The van der Waals surface area contributed by atoms with E-state index in [0.717, 1.165) is 42.5 Å². The summed E-state index contributed by atoms with van der Waals surface area (Å²) in [6.07, 6.45) is 2.18. The first-order valence-electron chi connectivity index (χ1n) is 8.56. The van der Waals surface area contributed by atoms with Gasteiger partial charge >= 0.3 is 0 Å². The van der Waals surface area contributed by atoms with Crippen molar-refractivity contribution in [1.82, 2.24) is 19.7 Å². The standard InChI is InChI=1S/C18H23ClN4OS/c1-12-8-10-23(11-9-12)17(24)13(2)25-18-21-20-16(22(18)3)14-4-6-15(19)7-5-14/h4-7,12-13H,8-11H2,1-3H3/t13-/m0/s1. The number of amides is 1. The van der Waals surface area contributed by atoms with Crippen molar-refractivity contribution < 1.29 is 4.79 Å². The molecule has 1 aliphatic rings. The number of nitrogens with zero attached hydrogens (tertiary/aromatic N) is 4. The number of hydrogen-bond acceptors (Lipinski definition) is 4. The molecule has 0 bridgehead atoms. The second-order valence-corrected chi connectivity index (χ2v) is 8.38. The molecule has 1 fully saturated rings. The number of benzene rings is 1. The summed E-state index contributed by atoms with van der Waals surface area (Å²) in [5, 5.41) is 9.81. The third-order valence-corrected chi connectivity index (χ3v) is 6.04. The number of aromatic nitrogens is 3. The van der Waals surface area contributed by atoms with Gasteiger partial charge in [-0.05, 0) is 49.9 Å². The summed E-state index contributed by atoms with van der Waals surface area (Å²) in [6, 6.07) is 7.51. The van der Waals surface area contributed by atoms with Crippen LogP contribution in [0.5, 0.6) is 0 Å². The fourth-order valence-electron chi connectivity index (χ4n) is 2.96. The Hall–Kier alpha value is -1.53. The Balaban J connectivity index is 1.68. The minimum Gasteiger partial charge on any atom is -0.342 e. The Labute approximate surface area is 157 Å². The topological polar surface area (TPSA) is 51.0 Å². The molecular weight excluding hydrogens is 356 g/mol. The normalized spacial score (nSPS) is 16.9. The number of halogens is 1. The quantitative estimate of drug-likeness (QED) is 0.757. The highest BCUT2D eigenvalue weighted by Crippen LogP contribution is 2.28. The van der Waals surface area contributed by atoms with Crippen molar-refractivity contribution in [2.24, 2.45) is 13.0 Å². The Morgan fingerprint density at radius 2 is 1.88 bits per heavy atom. The van der Waals surface area contributed by atoms with Gasteiger partial charge in [-0.1, -0.05) is 30.3 Å². The zero-order valence-corrected chi connectivity index (χ0v) is 16.3. The maximum absolute atomic E-state index is 12.7. The minimum absolute atomic E-state index is 0.172. The molecule has 0 N–H and O–H groups in total. The number of carbonyl (C=O) groups excluding carboxylic acids is 1. The van der Waals surface area contributed by atoms with Crippen LogP contribution in [0.3, 0.4) is 0 Å². The van der Waals surface area contributed by atoms with Gasteiger partial charge < -0.3 is 9.47 Å². The highest BCUT2D eigenvalue weighted by molar-refractivity contribution is 8.00. The summed E-state index contributed by atoms with van der Waals surface area (Å²) in [4.78, 5) is 14.6. The summed E-state index contributed by atoms with van der Waals surface area (Å²) in [7, 11) is 1.92. The average Bonchev–Trinajstić information content (AvgIpc) is 2.96. The smallest absolute Gasteiger partial charge is 0.235 e. The number of likely N-dealkylation sites (tertiary alicyclic amines) is 1. The second kappa shape index (κ2) is 7.79. The first-order chi connectivity index (χ1) is 12.0. The molecular formula is C18H23ClN4OS. The van der Waals surface area contributed by atoms with E-state index in [9.17, 15) is 4.79 Å². The van der Waals surface area contributed by atoms with E-state index in [2.05, 4.69) is 17.1 Å². The summed E-state index contributed by atoms with van der Waals surface area (Å²) in [5.41, 5.74) is 0.954. The van der Waals surface area contributed by atoms with Crippen molar-refractivity contribution in [2.75, 3.05) is 13.1 Å². The highest BCUT2D eigenvalue weighted by atomic mass is 35.5. The first kappa shape index (κ1) is 18.3. The van der Waals surface area contributed by atoms with Crippen molar-refractivity contribution in [1.29, 1.82) is 0 Å². The van der Waals surface area contributed by atoms with Crippen LogP contribution in [0.25, 0.3) is 11.4 Å². The van der Waals surface area contributed by atoms with Gasteiger partial charge in [0.2, 0.25) is 5.91 Å². The molecule has 1 aromatic heterocycles. The van der Waals surface area contributed by atoms with E-state index >= 15 is 0 Å². The van der Waals surface area contributed by atoms with E-state index in [-0.39, 0.29) is 11.2 Å². The number of carbonyl (C=O) groups is 1. The molecule has 0 unspecified atom stereocenters. The first-order valence-corrected chi connectivity index (χ1v) is 9.82. The highest BCUT2D eigenvalue weighted by Gasteiger charge is 2.26. The molecule has 1 amide bonds. The molecule has 3 rings (SSSR count). The van der Waals surface area contributed by atoms with E-state index < -0.39 is 0 Å². The molecule has 1 atom stereocenters. The summed E-state index contributed by atoms with van der Waals surface area (Å²) >= 11 is 7.40. The lowest BCUT2D eigenvalue weighted by molar-refractivity contribution is -0.131. The Morgan fingerprint density at radius 3 is 2.52 bits per heavy atom. The largest absolute Gasteiger partial charge is 0.342 e. The lowest BCUT2D eigenvalue weighted by Gasteiger charge is -2.31. The number of hydrogen-bond donors (Lipinski definition) is 0. The molecule has 1 aromatic carbocycles. The molecule has 0 radical (unpaired) electrons. The van der Waals surface area contributed by atoms with E-state index in [1.54, 1.807) is 0 Å². The van der Waals surface area contributed by atoms with E-state index in [1.165, 1.54) is 11.8 Å². The molecule has 5 nitrogen and oxygen atoms in total. The number of piperidine rings is 1. The second-order valence-electron chi connectivity index (χ2n) is 6.64. The van der Waals surface area contributed by atoms with Crippen LogP contribution in [0.1, 0.15) is 26.7 Å². The maximum atomic E-state index is 12.7. The third kappa shape index (κ3) is 4.18. The van der Waals surface area contributed by atoms with Crippen LogP contribution < -0.4 is 0 Å². The van der Waals surface area contributed by atoms with Crippen LogP contribution in [0.15, 0.2) is 29.4 Å². The van der Waals surface area contributed by atoms with Crippen molar-refractivity contribution in [3.05, 3.63) is 29.3 Å². The fourth-order valence-corrected chi connectivity index (χ4v) is 3.99. The van der Waals surface area contributed by atoms with Gasteiger partial charge in [0.25, 0.3) is 0 Å². The van der Waals surface area contributed by atoms with Crippen LogP contribution >= 0.6 is 23.4 Å². The van der Waals surface area contributed by atoms with Gasteiger partial charge in [0, 0.05) is 30.7 Å². The Kier molecular flexibility index (Phi) is 5.69. The van der Waals surface area contributed by atoms with Gasteiger partial charge in [-0.25, -0.2) is 0 Å². The summed E-state index contributed by atoms with van der Waals surface area (Å²) in [5.74, 6) is 1.67. The lowest BCUT2D eigenvalue weighted by Crippen LogP contribution is -2.41. The third-order valence-electron chi connectivity index (χ3n) is 4.66. The fraction of sp³-hybridized carbons (Fsp3) is 0.500. The zero-order valence-electron chi connectivity index (χ0n) is 14.8. The van der Waals surface area contributed by atoms with Crippen molar-refractivity contribution in [3.8, 4) is 11.4 Å². The van der Waals surface area contributed by atoms with Crippen molar-refractivity contribution >= 4 is 29.3 Å². The number of thioether (sulfide) groups is 1. The van der Waals surface area contributed by atoms with Crippen LogP contribution in [0, 0.1) is 5.92 Å². The molecule has 134 valence electrons. The van der Waals surface area contributed by atoms with E-state index in [1.807, 2.05) is 47.7 Å². The molecule has 0 aliphatic carbocycles. The number of rotatable bonds is 4.